The lowest BCUT2D eigenvalue weighted by Gasteiger charge is -2.41. The Kier molecular flexibility index (Phi) is 9.27. The highest BCUT2D eigenvalue weighted by Gasteiger charge is 2.48. The van der Waals surface area contributed by atoms with Crippen molar-refractivity contribution in [2.45, 2.75) is 69.3 Å². The average Bonchev–Trinajstić information content (AvgIpc) is 3.15. The number of carbonyl (C=O) groups excluding carboxylic acids is 1. The molecule has 1 amide bonds. The summed E-state index contributed by atoms with van der Waals surface area (Å²) in [5.74, 6) is 0. The molecular formula is C17H27N3O15P2. The van der Waals surface area contributed by atoms with Gasteiger partial charge in [0, 0.05) is 18.2 Å². The molecule has 0 bridgehead atoms. The van der Waals surface area contributed by atoms with Crippen LogP contribution in [0.5, 0.6) is 0 Å². The minimum Gasteiger partial charge on any atom is -0.390 e. The summed E-state index contributed by atoms with van der Waals surface area (Å²) in [6.07, 6.45) is -8.80. The summed E-state index contributed by atoms with van der Waals surface area (Å²) >= 11 is 0. The highest BCUT2D eigenvalue weighted by Crippen LogP contribution is 2.61. The number of aliphatic hydroxyl groups excluding tert-OH is 3. The summed E-state index contributed by atoms with van der Waals surface area (Å²) in [5.41, 5.74) is -1.24. The Labute approximate surface area is 207 Å². The lowest BCUT2D eigenvalue weighted by Crippen LogP contribution is -2.62. The quantitative estimate of drug-likeness (QED) is 0.111. The molecule has 210 valence electrons. The van der Waals surface area contributed by atoms with E-state index in [2.05, 4.69) is 23.7 Å². The van der Waals surface area contributed by atoms with Crippen LogP contribution in [0.15, 0.2) is 15.8 Å². The van der Waals surface area contributed by atoms with Gasteiger partial charge in [-0.25, -0.2) is 13.9 Å². The second kappa shape index (κ2) is 11.5. The molecule has 2 aliphatic heterocycles. The number of aliphatic hydroxyl groups is 3. The standard InChI is InChI=1S/C17H27N3O15P2/c1-7-4-20(17(26)19-15(7)25)11-3-9(22)10(33-11)5-31-36(27,28)35-37(29,30)34-16-14(24)12(18-6-21)13(23)8(2)32-16/h4,6,8-14,16,22-24H,3,5H2,1-2H3,(H,18,21)(H,27,28)(H,29,30)(H,19,25,26)/t8-,9+,10-,11-,12+,13+,14-,16-/m1/s1. The van der Waals surface area contributed by atoms with Gasteiger partial charge in [-0.15, -0.1) is 0 Å². The second-order valence-electron chi connectivity index (χ2n) is 8.33. The Hall–Kier alpha value is -1.79. The summed E-state index contributed by atoms with van der Waals surface area (Å²) in [4.78, 5) is 56.1. The molecule has 10 atom stereocenters. The van der Waals surface area contributed by atoms with Crippen LogP contribution in [0.4, 0.5) is 0 Å². The van der Waals surface area contributed by atoms with E-state index in [0.29, 0.717) is 0 Å². The number of hydrogen-bond donors (Lipinski definition) is 7. The zero-order chi connectivity index (χ0) is 27.7. The lowest BCUT2D eigenvalue weighted by molar-refractivity contribution is -0.244. The van der Waals surface area contributed by atoms with E-state index in [1.54, 1.807) is 0 Å². The zero-order valence-electron chi connectivity index (χ0n) is 19.3. The molecule has 3 rings (SSSR count). The van der Waals surface area contributed by atoms with E-state index in [9.17, 15) is 48.6 Å². The van der Waals surface area contributed by atoms with Crippen LogP contribution in [-0.2, 0) is 36.8 Å². The van der Waals surface area contributed by atoms with Crippen LogP contribution in [0.1, 0.15) is 25.1 Å². The van der Waals surface area contributed by atoms with Crippen molar-refractivity contribution in [3.63, 3.8) is 0 Å². The number of ether oxygens (including phenoxy) is 2. The first-order chi connectivity index (χ1) is 17.1. The van der Waals surface area contributed by atoms with E-state index in [0.717, 1.165) is 4.57 Å². The van der Waals surface area contributed by atoms with Crippen molar-refractivity contribution < 1.29 is 61.9 Å². The van der Waals surface area contributed by atoms with Crippen molar-refractivity contribution in [3.8, 4) is 0 Å². The van der Waals surface area contributed by atoms with Gasteiger partial charge in [0.25, 0.3) is 5.56 Å². The van der Waals surface area contributed by atoms with Gasteiger partial charge in [-0.05, 0) is 13.8 Å². The molecule has 1 aromatic rings. The molecule has 20 heteroatoms. The van der Waals surface area contributed by atoms with E-state index < -0.39 is 82.6 Å². The number of aromatic amines is 1. The van der Waals surface area contributed by atoms with Gasteiger partial charge in [0.15, 0.2) is 6.29 Å². The molecule has 2 fully saturated rings. The third-order valence-corrected chi connectivity index (χ3v) is 8.21. The van der Waals surface area contributed by atoms with Crippen molar-refractivity contribution in [1.29, 1.82) is 0 Å². The zero-order valence-corrected chi connectivity index (χ0v) is 21.1. The first-order valence-electron chi connectivity index (χ1n) is 10.7. The van der Waals surface area contributed by atoms with E-state index >= 15 is 0 Å². The normalized spacial score (nSPS) is 35.4. The van der Waals surface area contributed by atoms with E-state index in [-0.39, 0.29) is 18.4 Å². The van der Waals surface area contributed by atoms with Crippen LogP contribution < -0.4 is 16.6 Å². The summed E-state index contributed by atoms with van der Waals surface area (Å²) < 4.78 is 49.5. The number of phosphoric ester groups is 2. The number of rotatable bonds is 10. The number of H-pyrrole nitrogens is 1. The monoisotopic (exact) mass is 575 g/mol. The van der Waals surface area contributed by atoms with Gasteiger partial charge in [0.05, 0.1) is 24.9 Å². The molecule has 0 aromatic carbocycles. The molecule has 2 saturated heterocycles. The summed E-state index contributed by atoms with van der Waals surface area (Å²) in [6.45, 7) is 1.91. The van der Waals surface area contributed by atoms with E-state index in [4.69, 9.17) is 9.47 Å². The maximum Gasteiger partial charge on any atom is 0.483 e. The smallest absolute Gasteiger partial charge is 0.390 e. The fourth-order valence-electron chi connectivity index (χ4n) is 3.71. The topological polar surface area (TPSA) is 265 Å². The number of nitrogens with one attached hydrogen (secondary N) is 2. The fraction of sp³-hybridized carbons (Fsp3) is 0.706. The Morgan fingerprint density at radius 1 is 1.19 bits per heavy atom. The molecule has 0 radical (unpaired) electrons. The minimum absolute atomic E-state index is 0.158. The van der Waals surface area contributed by atoms with Gasteiger partial charge in [0.2, 0.25) is 6.41 Å². The highest BCUT2D eigenvalue weighted by atomic mass is 31.3. The third-order valence-electron chi connectivity index (χ3n) is 5.61. The molecule has 2 aliphatic rings. The molecule has 2 unspecified atom stereocenters. The molecular weight excluding hydrogens is 548 g/mol. The predicted molar refractivity (Wildman–Crippen MR) is 118 cm³/mol. The maximum atomic E-state index is 12.3. The van der Waals surface area contributed by atoms with Crippen LogP contribution in [-0.4, -0.2) is 90.5 Å². The van der Waals surface area contributed by atoms with Gasteiger partial charge < -0.3 is 39.9 Å². The Balaban J connectivity index is 1.60. The van der Waals surface area contributed by atoms with Crippen LogP contribution >= 0.6 is 15.6 Å². The van der Waals surface area contributed by atoms with Gasteiger partial charge >= 0.3 is 21.3 Å². The Morgan fingerprint density at radius 3 is 2.51 bits per heavy atom. The summed E-state index contributed by atoms with van der Waals surface area (Å²) in [6, 6.07) is -1.36. The number of hydrogen-bond acceptors (Lipinski definition) is 13. The van der Waals surface area contributed by atoms with Crippen molar-refractivity contribution >= 4 is 22.1 Å². The molecule has 0 aliphatic carbocycles. The first kappa shape index (κ1) is 29.8. The van der Waals surface area contributed by atoms with Crippen LogP contribution in [0, 0.1) is 6.92 Å². The fourth-order valence-corrected chi connectivity index (χ4v) is 5.86. The van der Waals surface area contributed by atoms with Crippen molar-refractivity contribution in [3.05, 3.63) is 32.6 Å². The largest absolute Gasteiger partial charge is 0.483 e. The minimum atomic E-state index is -5.47. The Bertz CT molecular complexity index is 1190. The van der Waals surface area contributed by atoms with Gasteiger partial charge in [-0.2, -0.15) is 4.31 Å². The van der Waals surface area contributed by atoms with Gasteiger partial charge in [0.1, 0.15) is 24.5 Å². The number of nitrogens with zero attached hydrogens (tertiary/aromatic N) is 1. The number of carbonyl (C=O) groups is 1. The average molecular weight is 575 g/mol. The summed E-state index contributed by atoms with van der Waals surface area (Å²) in [7, 11) is -10.8. The first-order valence-corrected chi connectivity index (χ1v) is 13.7. The van der Waals surface area contributed by atoms with Crippen molar-refractivity contribution in [1.82, 2.24) is 14.9 Å². The molecule has 37 heavy (non-hydrogen) atoms. The number of aryl methyl sites for hydroxylation is 1. The van der Waals surface area contributed by atoms with E-state index in [1.165, 1.54) is 20.0 Å². The summed E-state index contributed by atoms with van der Waals surface area (Å²) in [5, 5.41) is 32.5. The molecule has 7 N–H and O–H groups in total. The van der Waals surface area contributed by atoms with Gasteiger partial charge in [-0.1, -0.05) is 0 Å². The molecule has 0 spiro atoms. The lowest BCUT2D eigenvalue weighted by atomic mass is 9.97. The SMILES string of the molecule is Cc1cn([C@H]2C[C@H](O)[C@@H](COP(=O)(O)OP(=O)(O)O[C@H]3O[C@H](C)[C@H](O)[C@H](NC=O)[C@H]3O)O2)c(=O)[nH]c1=O. The molecule has 3 heterocycles. The Morgan fingerprint density at radius 2 is 1.86 bits per heavy atom. The number of phosphoric acid groups is 2. The third kappa shape index (κ3) is 7.20. The molecule has 1 aromatic heterocycles. The number of amides is 1. The predicted octanol–water partition coefficient (Wildman–Crippen LogP) is -2.67. The molecule has 18 nitrogen and oxygen atoms in total. The second-order valence-corrected chi connectivity index (χ2v) is 11.3. The highest BCUT2D eigenvalue weighted by molar-refractivity contribution is 7.61. The van der Waals surface area contributed by atoms with Crippen molar-refractivity contribution in [2.24, 2.45) is 0 Å². The van der Waals surface area contributed by atoms with Crippen LogP contribution in [0.3, 0.4) is 0 Å². The van der Waals surface area contributed by atoms with E-state index in [1.807, 2.05) is 0 Å². The van der Waals surface area contributed by atoms with Crippen LogP contribution in [0.2, 0.25) is 0 Å². The van der Waals surface area contributed by atoms with Crippen molar-refractivity contribution in [2.75, 3.05) is 6.61 Å². The van der Waals surface area contributed by atoms with Gasteiger partial charge in [-0.3, -0.25) is 28.2 Å². The van der Waals surface area contributed by atoms with Crippen LogP contribution in [0.25, 0.3) is 0 Å². The number of aromatic nitrogens is 2. The maximum absolute atomic E-state index is 12.3. The molecule has 0 saturated carbocycles.